The number of carboxylic acid groups (broad SMARTS) is 1. The second-order valence-electron chi connectivity index (χ2n) is 9.15. The van der Waals surface area contributed by atoms with Gasteiger partial charge in [-0.2, -0.15) is 0 Å². The van der Waals surface area contributed by atoms with E-state index in [-0.39, 0.29) is 26.4 Å². The zero-order valence-electron chi connectivity index (χ0n) is 19.5. The van der Waals surface area contributed by atoms with Crippen molar-refractivity contribution in [2.75, 3.05) is 26.3 Å². The van der Waals surface area contributed by atoms with Gasteiger partial charge in [0.15, 0.2) is 0 Å². The van der Waals surface area contributed by atoms with Crippen LogP contribution in [-0.4, -0.2) is 66.7 Å². The number of alkyl carbamates (subject to hydrolysis) is 2. The zero-order valence-corrected chi connectivity index (χ0v) is 19.5. The molecule has 0 saturated carbocycles. The highest BCUT2D eigenvalue weighted by atomic mass is 16.6. The van der Waals surface area contributed by atoms with Crippen molar-refractivity contribution in [1.82, 2.24) is 16.0 Å². The third kappa shape index (κ3) is 10.1. The van der Waals surface area contributed by atoms with Gasteiger partial charge >= 0.3 is 18.2 Å². The fourth-order valence-corrected chi connectivity index (χ4v) is 3.21. The Bertz CT molecular complexity index is 776. The summed E-state index contributed by atoms with van der Waals surface area (Å²) < 4.78 is 15.7. The number of nitrogens with one attached hydrogen (secondary N) is 3. The van der Waals surface area contributed by atoms with Crippen molar-refractivity contribution in [1.29, 1.82) is 0 Å². The van der Waals surface area contributed by atoms with Crippen LogP contribution >= 0.6 is 0 Å². The lowest BCUT2D eigenvalue weighted by molar-refractivity contribution is -0.143. The average Bonchev–Trinajstić information content (AvgIpc) is 2.71. The minimum absolute atomic E-state index is 0.151. The molecule has 0 bridgehead atoms. The number of benzene rings is 1. The molecule has 10 heteroatoms. The Morgan fingerprint density at radius 3 is 2.36 bits per heavy atom. The lowest BCUT2D eigenvalue weighted by Gasteiger charge is -2.43. The predicted octanol–water partition coefficient (Wildman–Crippen LogP) is 2.42. The molecular weight excluding hydrogens is 430 g/mol. The van der Waals surface area contributed by atoms with E-state index in [1.807, 2.05) is 30.3 Å². The monoisotopic (exact) mass is 465 g/mol. The number of carbonyl (C=O) groups is 3. The summed E-state index contributed by atoms with van der Waals surface area (Å²) >= 11 is 0. The first-order chi connectivity index (χ1) is 15.6. The third-order valence-electron chi connectivity index (χ3n) is 4.91. The van der Waals surface area contributed by atoms with Crippen molar-refractivity contribution in [2.24, 2.45) is 0 Å². The fourth-order valence-electron chi connectivity index (χ4n) is 3.21. The number of carbonyl (C=O) groups excluding carboxylic acids is 2. The molecule has 1 aliphatic rings. The number of hydrogen-bond donors (Lipinski definition) is 4. The van der Waals surface area contributed by atoms with Crippen LogP contribution in [0.2, 0.25) is 0 Å². The van der Waals surface area contributed by atoms with Gasteiger partial charge in [0.25, 0.3) is 0 Å². The molecule has 1 unspecified atom stereocenters. The maximum atomic E-state index is 12.0. The first-order valence-corrected chi connectivity index (χ1v) is 11.1. The summed E-state index contributed by atoms with van der Waals surface area (Å²) in [5.41, 5.74) is -0.354. The molecule has 4 N–H and O–H groups in total. The number of ether oxygens (including phenoxy) is 3. The summed E-state index contributed by atoms with van der Waals surface area (Å²) in [5, 5.41) is 18.1. The molecule has 184 valence electrons. The molecule has 1 aromatic rings. The molecule has 0 aromatic heterocycles. The van der Waals surface area contributed by atoms with Gasteiger partial charge in [0.2, 0.25) is 0 Å². The van der Waals surface area contributed by atoms with Crippen LogP contribution in [0.15, 0.2) is 30.3 Å². The summed E-state index contributed by atoms with van der Waals surface area (Å²) in [7, 11) is 0. The average molecular weight is 466 g/mol. The predicted molar refractivity (Wildman–Crippen MR) is 121 cm³/mol. The summed E-state index contributed by atoms with van der Waals surface area (Å²) in [6.07, 6.45) is 0.491. The van der Waals surface area contributed by atoms with E-state index < -0.39 is 35.3 Å². The van der Waals surface area contributed by atoms with Gasteiger partial charge in [0.1, 0.15) is 18.2 Å². The third-order valence-corrected chi connectivity index (χ3v) is 4.91. The van der Waals surface area contributed by atoms with Gasteiger partial charge in [-0.3, -0.25) is 10.1 Å². The van der Waals surface area contributed by atoms with Crippen LogP contribution in [0, 0.1) is 0 Å². The minimum Gasteiger partial charge on any atom is -0.480 e. The van der Waals surface area contributed by atoms with E-state index in [0.29, 0.717) is 25.8 Å². The van der Waals surface area contributed by atoms with E-state index in [0.717, 1.165) is 5.56 Å². The largest absolute Gasteiger partial charge is 0.480 e. The summed E-state index contributed by atoms with van der Waals surface area (Å²) in [6.45, 7) is 6.66. The molecule has 1 atom stereocenters. The van der Waals surface area contributed by atoms with E-state index in [1.165, 1.54) is 0 Å². The van der Waals surface area contributed by atoms with Crippen molar-refractivity contribution in [3.05, 3.63) is 35.9 Å². The minimum atomic E-state index is -0.979. The first-order valence-electron chi connectivity index (χ1n) is 11.1. The van der Waals surface area contributed by atoms with Gasteiger partial charge in [-0.05, 0) is 45.6 Å². The second kappa shape index (κ2) is 12.4. The Labute approximate surface area is 194 Å². The second-order valence-corrected chi connectivity index (χ2v) is 9.15. The molecular formula is C23H35N3O7. The summed E-state index contributed by atoms with van der Waals surface area (Å²) in [4.78, 5) is 35.4. The highest BCUT2D eigenvalue weighted by Gasteiger charge is 2.42. The molecule has 2 rings (SSSR count). The van der Waals surface area contributed by atoms with E-state index in [1.54, 1.807) is 20.8 Å². The molecule has 0 spiro atoms. The highest BCUT2D eigenvalue weighted by Crippen LogP contribution is 2.19. The topological polar surface area (TPSA) is 135 Å². The lowest BCUT2D eigenvalue weighted by atomic mass is 9.94. The van der Waals surface area contributed by atoms with Gasteiger partial charge < -0.3 is 30.0 Å². The van der Waals surface area contributed by atoms with E-state index in [4.69, 9.17) is 14.2 Å². The smallest absolute Gasteiger partial charge is 0.407 e. The highest BCUT2D eigenvalue weighted by molar-refractivity contribution is 5.73. The van der Waals surface area contributed by atoms with Crippen molar-refractivity contribution in [3.8, 4) is 0 Å². The number of hydrogen-bond acceptors (Lipinski definition) is 7. The number of unbranched alkanes of at least 4 members (excludes halogenated alkanes) is 1. The molecule has 33 heavy (non-hydrogen) atoms. The van der Waals surface area contributed by atoms with Gasteiger partial charge in [-0.25, -0.2) is 9.59 Å². The molecule has 10 nitrogen and oxygen atoms in total. The number of carboxylic acids is 1. The SMILES string of the molecule is CC(C)(C)OC(=O)NCCCCC(NC1(CNC(=O)OCc2ccccc2)COC1)C(=O)O. The van der Waals surface area contributed by atoms with Crippen LogP contribution in [0.1, 0.15) is 45.6 Å². The maximum Gasteiger partial charge on any atom is 0.407 e. The van der Waals surface area contributed by atoms with Gasteiger partial charge in [0, 0.05) is 13.1 Å². The maximum absolute atomic E-state index is 12.0. The first kappa shape index (κ1) is 26.4. The number of amides is 2. The van der Waals surface area contributed by atoms with Gasteiger partial charge in [-0.15, -0.1) is 0 Å². The number of rotatable bonds is 12. The van der Waals surface area contributed by atoms with E-state index in [9.17, 15) is 19.5 Å². The lowest BCUT2D eigenvalue weighted by Crippen LogP contribution is -2.69. The Balaban J connectivity index is 1.71. The molecule has 1 saturated heterocycles. The molecule has 1 fully saturated rings. The van der Waals surface area contributed by atoms with Crippen LogP contribution in [0.25, 0.3) is 0 Å². The standard InChI is InChI=1S/C23H35N3O7/c1-22(2,3)33-21(30)24-12-8-7-11-18(19(27)28)26-23(15-31-16-23)14-25-20(29)32-13-17-9-5-4-6-10-17/h4-6,9-10,18,26H,7-8,11-16H2,1-3H3,(H,24,30)(H,25,29)(H,27,28). The fraction of sp³-hybridized carbons (Fsp3) is 0.609. The van der Waals surface area contributed by atoms with Crippen molar-refractivity contribution >= 4 is 18.2 Å². The van der Waals surface area contributed by atoms with Gasteiger partial charge in [0.05, 0.1) is 18.8 Å². The molecule has 0 radical (unpaired) electrons. The summed E-state index contributed by atoms with van der Waals surface area (Å²) in [5.74, 6) is -0.979. The Morgan fingerprint density at radius 1 is 1.09 bits per heavy atom. The van der Waals surface area contributed by atoms with Crippen molar-refractivity contribution < 1.29 is 33.7 Å². The Morgan fingerprint density at radius 2 is 1.79 bits per heavy atom. The van der Waals surface area contributed by atoms with E-state index in [2.05, 4.69) is 16.0 Å². The van der Waals surface area contributed by atoms with Crippen molar-refractivity contribution in [2.45, 2.75) is 63.8 Å². The van der Waals surface area contributed by atoms with E-state index >= 15 is 0 Å². The summed E-state index contributed by atoms with van der Waals surface area (Å²) in [6, 6.07) is 8.51. The molecule has 2 amide bonds. The van der Waals surface area contributed by atoms with Crippen molar-refractivity contribution in [3.63, 3.8) is 0 Å². The van der Waals surface area contributed by atoms with Crippen LogP contribution < -0.4 is 16.0 Å². The quantitative estimate of drug-likeness (QED) is 0.346. The van der Waals surface area contributed by atoms with Crippen LogP contribution in [0.5, 0.6) is 0 Å². The molecule has 0 aliphatic carbocycles. The molecule has 1 aliphatic heterocycles. The number of aliphatic carboxylic acids is 1. The van der Waals surface area contributed by atoms with Crippen LogP contribution in [0.4, 0.5) is 9.59 Å². The van der Waals surface area contributed by atoms with Crippen LogP contribution in [-0.2, 0) is 25.6 Å². The normalized spacial score (nSPS) is 15.6. The van der Waals surface area contributed by atoms with Crippen LogP contribution in [0.3, 0.4) is 0 Å². The molecule has 1 heterocycles. The zero-order chi connectivity index (χ0) is 24.3. The molecule has 1 aromatic carbocycles. The Hall–Kier alpha value is -2.85. The van der Waals surface area contributed by atoms with Gasteiger partial charge in [-0.1, -0.05) is 30.3 Å². The Kier molecular flexibility index (Phi) is 9.93.